The highest BCUT2D eigenvalue weighted by atomic mass is 16.5. The fraction of sp³-hybridized carbons (Fsp3) is 0.250. The minimum absolute atomic E-state index is 0.268. The molecule has 2 aromatic carbocycles. The molecule has 218 valence electrons. The lowest BCUT2D eigenvalue weighted by atomic mass is 10.1. The Labute approximate surface area is 245 Å². The summed E-state index contributed by atoms with van der Waals surface area (Å²) in [4.78, 5) is 37.8. The molecule has 2 aromatic heterocycles. The Morgan fingerprint density at radius 2 is 0.976 bits per heavy atom. The van der Waals surface area contributed by atoms with E-state index in [4.69, 9.17) is 20.9 Å². The number of aromatic nitrogens is 2. The highest BCUT2D eigenvalue weighted by molar-refractivity contribution is 5.87. The number of pyridine rings is 2. The van der Waals surface area contributed by atoms with E-state index >= 15 is 0 Å². The number of ether oxygens (including phenoxy) is 2. The highest BCUT2D eigenvalue weighted by Gasteiger charge is 2.16. The minimum Gasteiger partial charge on any atom is -0.464 e. The molecule has 0 aliphatic rings. The third-order valence-corrected chi connectivity index (χ3v) is 6.68. The van der Waals surface area contributed by atoms with Gasteiger partial charge in [0.05, 0.1) is 25.6 Å². The topological polar surface area (TPSA) is 137 Å². The smallest absolute Gasteiger partial charge is 0.356 e. The first-order chi connectivity index (χ1) is 20.3. The Hall–Kier alpha value is -4.80. The molecule has 0 saturated carbocycles. The van der Waals surface area contributed by atoms with Gasteiger partial charge in [-0.1, -0.05) is 36.4 Å². The Morgan fingerprint density at radius 1 is 0.595 bits per heavy atom. The second kappa shape index (κ2) is 14.7. The number of anilines is 2. The van der Waals surface area contributed by atoms with Crippen LogP contribution >= 0.6 is 0 Å². The van der Waals surface area contributed by atoms with Gasteiger partial charge in [0.1, 0.15) is 11.4 Å². The number of esters is 2. The summed E-state index contributed by atoms with van der Waals surface area (Å²) in [6, 6.07) is 26.3. The molecule has 10 nitrogen and oxygen atoms in total. The third kappa shape index (κ3) is 8.85. The number of benzene rings is 2. The maximum Gasteiger partial charge on any atom is 0.356 e. The first-order valence-corrected chi connectivity index (χ1v) is 13.5. The molecule has 2 heterocycles. The number of carbonyl (C=O) groups excluding carboxylic acids is 2. The van der Waals surface area contributed by atoms with Crippen molar-refractivity contribution in [3.63, 3.8) is 0 Å². The Morgan fingerprint density at radius 3 is 1.33 bits per heavy atom. The van der Waals surface area contributed by atoms with Crippen LogP contribution in [0.15, 0.2) is 84.9 Å². The van der Waals surface area contributed by atoms with Crippen LogP contribution < -0.4 is 11.5 Å². The van der Waals surface area contributed by atoms with E-state index < -0.39 is 11.9 Å². The number of nitrogen functional groups attached to an aromatic ring is 2. The van der Waals surface area contributed by atoms with Crippen LogP contribution in [0.3, 0.4) is 0 Å². The van der Waals surface area contributed by atoms with Crippen molar-refractivity contribution in [1.29, 1.82) is 0 Å². The van der Waals surface area contributed by atoms with Crippen molar-refractivity contribution in [2.45, 2.75) is 26.2 Å². The maximum absolute atomic E-state index is 12.1. The van der Waals surface area contributed by atoms with E-state index in [9.17, 15) is 9.59 Å². The lowest BCUT2D eigenvalue weighted by Crippen LogP contribution is -2.34. The van der Waals surface area contributed by atoms with Crippen molar-refractivity contribution >= 4 is 23.3 Å². The molecule has 0 aliphatic carbocycles. The number of nitrogens with two attached hydrogens (primary N) is 2. The van der Waals surface area contributed by atoms with Crippen LogP contribution in [0.4, 0.5) is 11.4 Å². The maximum atomic E-state index is 12.1. The van der Waals surface area contributed by atoms with Gasteiger partial charge in [0.15, 0.2) is 0 Å². The van der Waals surface area contributed by atoms with Crippen LogP contribution in [0.25, 0.3) is 0 Å². The van der Waals surface area contributed by atoms with Crippen LogP contribution in [0, 0.1) is 0 Å². The number of carbonyl (C=O) groups is 2. The van der Waals surface area contributed by atoms with E-state index in [-0.39, 0.29) is 11.4 Å². The monoisotopic (exact) mass is 568 g/mol. The quantitative estimate of drug-likeness (QED) is 0.180. The van der Waals surface area contributed by atoms with Gasteiger partial charge in [-0.25, -0.2) is 19.6 Å². The summed E-state index contributed by atoms with van der Waals surface area (Å²) in [5, 5.41) is 0. The highest BCUT2D eigenvalue weighted by Crippen LogP contribution is 2.15. The number of nitrogens with zero attached hydrogens (tertiary/aromatic N) is 4. The molecule has 0 radical (unpaired) electrons. The molecule has 4 N–H and O–H groups in total. The standard InChI is InChI=1S/C32H36N6O4/c1-41-31(39)29-7-3-5-27(35-29)21-37(19-23-9-13-25(33)14-10-23)17-18-38(20-24-11-15-26(34)16-12-24)22-28-6-4-8-30(36-28)32(40)42-2/h3-16H,17-22,33-34H2,1-2H3. The van der Waals surface area contributed by atoms with Gasteiger partial charge in [-0.15, -0.1) is 0 Å². The molecule has 0 atom stereocenters. The van der Waals surface area contributed by atoms with Gasteiger partial charge in [0.2, 0.25) is 0 Å². The molecule has 42 heavy (non-hydrogen) atoms. The van der Waals surface area contributed by atoms with Crippen molar-refractivity contribution < 1.29 is 19.1 Å². The molecule has 0 aliphatic heterocycles. The summed E-state index contributed by atoms with van der Waals surface area (Å²) >= 11 is 0. The predicted octanol–water partition coefficient (Wildman–Crippen LogP) is 3.92. The van der Waals surface area contributed by atoms with E-state index in [0.717, 1.165) is 22.5 Å². The molecule has 0 unspecified atom stereocenters. The van der Waals surface area contributed by atoms with E-state index in [0.29, 0.717) is 50.6 Å². The summed E-state index contributed by atoms with van der Waals surface area (Å²) in [6.07, 6.45) is 0. The van der Waals surface area contributed by atoms with Crippen molar-refractivity contribution in [1.82, 2.24) is 19.8 Å². The zero-order valence-electron chi connectivity index (χ0n) is 23.9. The molecular formula is C32H36N6O4. The average molecular weight is 569 g/mol. The molecule has 0 spiro atoms. The van der Waals surface area contributed by atoms with Gasteiger partial charge < -0.3 is 20.9 Å². The van der Waals surface area contributed by atoms with Gasteiger partial charge in [0, 0.05) is 50.6 Å². The molecule has 0 amide bonds. The second-order valence-corrected chi connectivity index (χ2v) is 9.92. The van der Waals surface area contributed by atoms with Gasteiger partial charge in [-0.05, 0) is 59.7 Å². The zero-order chi connectivity index (χ0) is 29.9. The summed E-state index contributed by atoms with van der Waals surface area (Å²) in [5.41, 5.74) is 17.5. The van der Waals surface area contributed by atoms with Crippen molar-refractivity contribution in [2.24, 2.45) is 0 Å². The van der Waals surface area contributed by atoms with Crippen LogP contribution in [0.5, 0.6) is 0 Å². The lowest BCUT2D eigenvalue weighted by Gasteiger charge is -2.28. The Kier molecular flexibility index (Phi) is 10.6. The fourth-order valence-corrected chi connectivity index (χ4v) is 4.50. The van der Waals surface area contributed by atoms with E-state index in [1.807, 2.05) is 72.8 Å². The zero-order valence-corrected chi connectivity index (χ0v) is 23.9. The van der Waals surface area contributed by atoms with Gasteiger partial charge in [-0.2, -0.15) is 0 Å². The Balaban J connectivity index is 1.56. The van der Waals surface area contributed by atoms with Crippen LogP contribution in [0.1, 0.15) is 43.5 Å². The van der Waals surface area contributed by atoms with Crippen LogP contribution in [0.2, 0.25) is 0 Å². The first kappa shape index (κ1) is 30.2. The number of methoxy groups -OCH3 is 2. The van der Waals surface area contributed by atoms with Crippen LogP contribution in [-0.4, -0.2) is 59.0 Å². The average Bonchev–Trinajstić information content (AvgIpc) is 3.01. The van der Waals surface area contributed by atoms with E-state index in [1.165, 1.54) is 14.2 Å². The minimum atomic E-state index is -0.474. The van der Waals surface area contributed by atoms with E-state index in [1.54, 1.807) is 12.1 Å². The van der Waals surface area contributed by atoms with E-state index in [2.05, 4.69) is 19.8 Å². The lowest BCUT2D eigenvalue weighted by molar-refractivity contribution is 0.0584. The fourth-order valence-electron chi connectivity index (χ4n) is 4.50. The number of rotatable bonds is 13. The molecule has 4 rings (SSSR count). The van der Waals surface area contributed by atoms with Crippen molar-refractivity contribution in [3.8, 4) is 0 Å². The summed E-state index contributed by atoms with van der Waals surface area (Å²) in [7, 11) is 2.69. The first-order valence-electron chi connectivity index (χ1n) is 13.5. The van der Waals surface area contributed by atoms with Crippen LogP contribution in [-0.2, 0) is 35.7 Å². The summed E-state index contributed by atoms with van der Waals surface area (Å²) in [5.74, 6) is -0.948. The SMILES string of the molecule is COC(=O)c1cccc(CN(CCN(Cc2ccc(N)cc2)Cc2cccc(C(=O)OC)n2)Cc2ccc(N)cc2)n1. The van der Waals surface area contributed by atoms with Gasteiger partial charge >= 0.3 is 11.9 Å². The third-order valence-electron chi connectivity index (χ3n) is 6.68. The largest absolute Gasteiger partial charge is 0.464 e. The Bertz CT molecular complexity index is 1360. The molecule has 0 fully saturated rings. The molecule has 10 heteroatoms. The van der Waals surface area contributed by atoms with Crippen molar-refractivity contribution in [2.75, 3.05) is 38.8 Å². The molecule has 0 bridgehead atoms. The predicted molar refractivity (Wildman–Crippen MR) is 161 cm³/mol. The summed E-state index contributed by atoms with van der Waals surface area (Å²) < 4.78 is 9.71. The second-order valence-electron chi connectivity index (χ2n) is 9.92. The molecule has 0 saturated heterocycles. The summed E-state index contributed by atoms with van der Waals surface area (Å²) in [6.45, 7) is 3.69. The normalized spacial score (nSPS) is 11.0. The molecule has 4 aromatic rings. The van der Waals surface area contributed by atoms with Gasteiger partial charge in [-0.3, -0.25) is 9.80 Å². The number of hydrogen-bond acceptors (Lipinski definition) is 10. The molecular weight excluding hydrogens is 532 g/mol. The van der Waals surface area contributed by atoms with Gasteiger partial charge in [0.25, 0.3) is 0 Å². The number of hydrogen-bond donors (Lipinski definition) is 2. The van der Waals surface area contributed by atoms with Crippen molar-refractivity contribution in [3.05, 3.63) is 119 Å².